The first-order chi connectivity index (χ1) is 9.03. The van der Waals surface area contributed by atoms with Gasteiger partial charge < -0.3 is 10.6 Å². The summed E-state index contributed by atoms with van der Waals surface area (Å²) in [5.41, 5.74) is 0.589. The zero-order valence-corrected chi connectivity index (χ0v) is 12.8. The topological polar surface area (TPSA) is 75.3 Å². The first-order valence-electron chi connectivity index (χ1n) is 6.03. The Morgan fingerprint density at radius 2 is 1.95 bits per heavy atom. The lowest BCUT2D eigenvalue weighted by atomic mass is 10.2. The van der Waals surface area contributed by atoms with E-state index in [9.17, 15) is 17.6 Å². The van der Waals surface area contributed by atoms with Crippen molar-refractivity contribution in [3.05, 3.63) is 24.0 Å². The molecule has 0 aliphatic rings. The van der Waals surface area contributed by atoms with E-state index >= 15 is 0 Å². The third kappa shape index (κ3) is 4.19. The van der Waals surface area contributed by atoms with Crippen molar-refractivity contribution in [3.8, 4) is 0 Å². The van der Waals surface area contributed by atoms with E-state index < -0.39 is 20.4 Å². The molecule has 0 aliphatic carbocycles. The minimum atomic E-state index is -3.27. The number of benzene rings is 1. The van der Waals surface area contributed by atoms with Crippen LogP contribution in [0.3, 0.4) is 0 Å². The number of carbonyl (C=O) groups excluding carboxylic acids is 1. The fourth-order valence-corrected chi connectivity index (χ4v) is 1.72. The summed E-state index contributed by atoms with van der Waals surface area (Å²) in [5.74, 6) is -0.776. The molecule has 0 saturated heterocycles. The van der Waals surface area contributed by atoms with E-state index in [1.807, 2.05) is 0 Å². The molecule has 1 aromatic carbocycles. The fraction of sp³-hybridized carbons (Fsp3) is 0.462. The number of rotatable bonds is 5. The number of hydrogen-bond acceptors (Lipinski definition) is 4. The lowest BCUT2D eigenvalue weighted by molar-refractivity contribution is -0.114. The van der Waals surface area contributed by atoms with Gasteiger partial charge in [0.15, 0.2) is 9.84 Å². The maximum absolute atomic E-state index is 13.7. The molecule has 1 rings (SSSR count). The van der Waals surface area contributed by atoms with Gasteiger partial charge in [0, 0.05) is 25.4 Å². The molecule has 1 amide bonds. The maximum atomic E-state index is 13.7. The van der Waals surface area contributed by atoms with Crippen molar-refractivity contribution in [3.63, 3.8) is 0 Å². The molecule has 0 aliphatic heterocycles. The number of carbonyl (C=O) groups is 1. The second kappa shape index (κ2) is 5.78. The predicted octanol–water partition coefficient (Wildman–Crippen LogP) is 2.02. The van der Waals surface area contributed by atoms with Crippen LogP contribution in [0.15, 0.2) is 18.2 Å². The molecular formula is C13H19FN2O3S. The normalized spacial score (nSPS) is 12.1. The largest absolute Gasteiger partial charge is 0.381 e. The summed E-state index contributed by atoms with van der Waals surface area (Å²) in [5, 5.41) is 5.30. The summed E-state index contributed by atoms with van der Waals surface area (Å²) in [6, 6.07) is 4.07. The van der Waals surface area contributed by atoms with E-state index in [0.29, 0.717) is 5.69 Å². The number of sulfone groups is 1. The zero-order chi connectivity index (χ0) is 15.6. The zero-order valence-electron chi connectivity index (χ0n) is 12.0. The molecule has 0 bridgehead atoms. The molecule has 20 heavy (non-hydrogen) atoms. The number of nitrogens with one attached hydrogen (secondary N) is 2. The molecule has 1 aromatic rings. The van der Waals surface area contributed by atoms with Gasteiger partial charge in [0.05, 0.1) is 10.4 Å². The molecular weight excluding hydrogens is 283 g/mol. The molecule has 112 valence electrons. The van der Waals surface area contributed by atoms with Crippen molar-refractivity contribution >= 4 is 27.1 Å². The lowest BCUT2D eigenvalue weighted by Gasteiger charge is -2.23. The van der Waals surface area contributed by atoms with Gasteiger partial charge in [-0.3, -0.25) is 4.79 Å². The van der Waals surface area contributed by atoms with Crippen LogP contribution in [0.5, 0.6) is 0 Å². The molecule has 0 saturated carbocycles. The molecule has 0 fully saturated rings. The maximum Gasteiger partial charge on any atom is 0.221 e. The second-order valence-electron chi connectivity index (χ2n) is 5.26. The standard InChI is InChI=1S/C13H19FN2O3S/c1-9(17)16-10-5-6-11(14)12(7-10)15-8-13(2,3)20(4,18)19/h5-7,15H,8H2,1-4H3,(H,16,17). The number of halogens is 1. The van der Waals surface area contributed by atoms with Crippen LogP contribution < -0.4 is 10.6 Å². The van der Waals surface area contributed by atoms with Crippen molar-refractivity contribution in [2.24, 2.45) is 0 Å². The Morgan fingerprint density at radius 3 is 2.45 bits per heavy atom. The summed E-state index contributed by atoms with van der Waals surface area (Å²) >= 11 is 0. The highest BCUT2D eigenvalue weighted by molar-refractivity contribution is 7.92. The molecule has 0 spiro atoms. The SMILES string of the molecule is CC(=O)Nc1ccc(F)c(NCC(C)(C)S(C)(=O)=O)c1. The summed E-state index contributed by atoms with van der Waals surface area (Å²) in [4.78, 5) is 11.0. The van der Waals surface area contributed by atoms with Crippen molar-refractivity contribution in [2.75, 3.05) is 23.4 Å². The average Bonchev–Trinajstić information content (AvgIpc) is 2.27. The van der Waals surface area contributed by atoms with E-state index in [2.05, 4.69) is 10.6 Å². The Morgan fingerprint density at radius 1 is 1.35 bits per heavy atom. The molecule has 0 atom stereocenters. The van der Waals surface area contributed by atoms with Crippen molar-refractivity contribution in [2.45, 2.75) is 25.5 Å². The van der Waals surface area contributed by atoms with Crippen molar-refractivity contribution in [1.82, 2.24) is 0 Å². The van der Waals surface area contributed by atoms with Crippen LogP contribution >= 0.6 is 0 Å². The highest BCUT2D eigenvalue weighted by Gasteiger charge is 2.30. The first-order valence-corrected chi connectivity index (χ1v) is 7.93. The number of hydrogen-bond donors (Lipinski definition) is 2. The molecule has 0 radical (unpaired) electrons. The van der Waals surface area contributed by atoms with Gasteiger partial charge in [0.2, 0.25) is 5.91 Å². The van der Waals surface area contributed by atoms with Gasteiger partial charge in [-0.05, 0) is 32.0 Å². The van der Waals surface area contributed by atoms with Crippen LogP contribution in [0.25, 0.3) is 0 Å². The van der Waals surface area contributed by atoms with Gasteiger partial charge in [0.1, 0.15) is 5.82 Å². The van der Waals surface area contributed by atoms with Gasteiger partial charge >= 0.3 is 0 Å². The molecule has 0 unspecified atom stereocenters. The number of anilines is 2. The second-order valence-corrected chi connectivity index (χ2v) is 7.91. The molecule has 5 nitrogen and oxygen atoms in total. The molecule has 0 aromatic heterocycles. The summed E-state index contributed by atoms with van der Waals surface area (Å²) in [6.45, 7) is 4.53. The van der Waals surface area contributed by atoms with Gasteiger partial charge in [0.25, 0.3) is 0 Å². The Labute approximate surface area is 118 Å². The smallest absolute Gasteiger partial charge is 0.221 e. The minimum Gasteiger partial charge on any atom is -0.381 e. The molecule has 2 N–H and O–H groups in total. The van der Waals surface area contributed by atoms with Gasteiger partial charge in [-0.15, -0.1) is 0 Å². The average molecular weight is 302 g/mol. The highest BCUT2D eigenvalue weighted by atomic mass is 32.2. The Kier molecular flexibility index (Phi) is 4.75. The van der Waals surface area contributed by atoms with Crippen LogP contribution in [0.2, 0.25) is 0 Å². The lowest BCUT2D eigenvalue weighted by Crippen LogP contribution is -2.38. The molecule has 0 heterocycles. The number of amides is 1. The Bertz CT molecular complexity index is 612. The Balaban J connectivity index is 2.90. The first kappa shape index (κ1) is 16.4. The summed E-state index contributed by atoms with van der Waals surface area (Å²) < 4.78 is 35.8. The van der Waals surface area contributed by atoms with Gasteiger partial charge in [-0.1, -0.05) is 0 Å². The summed E-state index contributed by atoms with van der Waals surface area (Å²) in [7, 11) is -3.27. The van der Waals surface area contributed by atoms with E-state index in [1.165, 1.54) is 25.1 Å². The summed E-state index contributed by atoms with van der Waals surface area (Å²) in [6.07, 6.45) is 1.14. The van der Waals surface area contributed by atoms with Crippen LogP contribution in [-0.4, -0.2) is 31.9 Å². The quantitative estimate of drug-likeness (QED) is 0.872. The van der Waals surface area contributed by atoms with Gasteiger partial charge in [-0.2, -0.15) is 0 Å². The van der Waals surface area contributed by atoms with E-state index in [1.54, 1.807) is 13.8 Å². The van der Waals surface area contributed by atoms with Crippen LogP contribution in [0.4, 0.5) is 15.8 Å². The van der Waals surface area contributed by atoms with Crippen LogP contribution in [-0.2, 0) is 14.6 Å². The monoisotopic (exact) mass is 302 g/mol. The minimum absolute atomic E-state index is 0.0618. The van der Waals surface area contributed by atoms with Crippen LogP contribution in [0, 0.1) is 5.82 Å². The fourth-order valence-electron chi connectivity index (χ4n) is 1.38. The van der Waals surface area contributed by atoms with Gasteiger partial charge in [-0.25, -0.2) is 12.8 Å². The van der Waals surface area contributed by atoms with Crippen molar-refractivity contribution < 1.29 is 17.6 Å². The Hall–Kier alpha value is -1.63. The van der Waals surface area contributed by atoms with Crippen LogP contribution in [0.1, 0.15) is 20.8 Å². The van der Waals surface area contributed by atoms with E-state index in [0.717, 1.165) is 6.26 Å². The third-order valence-corrected chi connectivity index (χ3v) is 5.15. The van der Waals surface area contributed by atoms with E-state index in [-0.39, 0.29) is 18.1 Å². The third-order valence-electron chi connectivity index (χ3n) is 3.00. The highest BCUT2D eigenvalue weighted by Crippen LogP contribution is 2.22. The predicted molar refractivity (Wildman–Crippen MR) is 78.1 cm³/mol. The van der Waals surface area contributed by atoms with E-state index in [4.69, 9.17) is 0 Å². The van der Waals surface area contributed by atoms with Crippen molar-refractivity contribution in [1.29, 1.82) is 0 Å². The molecule has 7 heteroatoms.